The lowest BCUT2D eigenvalue weighted by Gasteiger charge is -2.25. The lowest BCUT2D eigenvalue weighted by Crippen LogP contribution is -2.50. The molecule has 3 aromatic carbocycles. The predicted octanol–water partition coefficient (Wildman–Crippen LogP) is 3.48. The maximum atomic E-state index is 13.0. The summed E-state index contributed by atoms with van der Waals surface area (Å²) in [6, 6.07) is 20.3. The summed E-state index contributed by atoms with van der Waals surface area (Å²) >= 11 is 0. The van der Waals surface area contributed by atoms with Gasteiger partial charge in [-0.15, -0.1) is 0 Å². The van der Waals surface area contributed by atoms with Crippen LogP contribution in [0.15, 0.2) is 78.9 Å². The molecule has 0 radical (unpaired) electrons. The Bertz CT molecular complexity index is 1290. The van der Waals surface area contributed by atoms with Gasteiger partial charge < -0.3 is 20.1 Å². The van der Waals surface area contributed by atoms with E-state index in [1.165, 1.54) is 17.0 Å². The Morgan fingerprint density at radius 3 is 2.29 bits per heavy atom. The van der Waals surface area contributed by atoms with E-state index in [1.54, 1.807) is 36.4 Å². The molecule has 1 saturated heterocycles. The molecule has 0 bridgehead atoms. The summed E-state index contributed by atoms with van der Waals surface area (Å²) in [7, 11) is 0. The average molecular weight is 518 g/mol. The van der Waals surface area contributed by atoms with Crippen molar-refractivity contribution in [1.82, 2.24) is 10.2 Å². The Kier molecular flexibility index (Phi) is 8.32. The molecule has 2 N–H and O–H groups in total. The van der Waals surface area contributed by atoms with Gasteiger partial charge in [-0.25, -0.2) is 4.79 Å². The molecule has 10 nitrogen and oxygen atoms in total. The number of aliphatic carboxylic acids is 1. The van der Waals surface area contributed by atoms with Crippen molar-refractivity contribution >= 4 is 23.5 Å². The summed E-state index contributed by atoms with van der Waals surface area (Å²) in [6.07, 6.45) is 0.637. The fourth-order valence-corrected chi connectivity index (χ4v) is 4.29. The highest BCUT2D eigenvalue weighted by Crippen LogP contribution is 2.22. The summed E-state index contributed by atoms with van der Waals surface area (Å²) in [4.78, 5) is 49.1. The minimum absolute atomic E-state index is 0.00149. The molecule has 0 saturated carbocycles. The molecule has 3 aromatic rings. The second-order valence-electron chi connectivity index (χ2n) is 9.02. The average Bonchev–Trinajstić information content (AvgIpc) is 3.28. The van der Waals surface area contributed by atoms with Gasteiger partial charge in [-0.05, 0) is 47.4 Å². The molecule has 1 aliphatic rings. The van der Waals surface area contributed by atoms with E-state index in [0.29, 0.717) is 17.7 Å². The number of nitro groups is 1. The number of nitrogens with one attached hydrogen (secondary N) is 1. The van der Waals surface area contributed by atoms with Gasteiger partial charge in [-0.3, -0.25) is 19.7 Å². The largest absolute Gasteiger partial charge is 0.489 e. The number of non-ortho nitro benzene ring substituents is 1. The number of ether oxygens (including phenoxy) is 1. The van der Waals surface area contributed by atoms with Crippen LogP contribution in [-0.2, 0) is 34.0 Å². The number of amides is 2. The van der Waals surface area contributed by atoms with Crippen LogP contribution in [0.1, 0.15) is 29.5 Å². The monoisotopic (exact) mass is 517 g/mol. The fraction of sp³-hybridized carbons (Fsp3) is 0.250. The minimum atomic E-state index is -1.17. The van der Waals surface area contributed by atoms with Crippen LogP contribution >= 0.6 is 0 Å². The first-order chi connectivity index (χ1) is 18.3. The molecule has 1 heterocycles. The van der Waals surface area contributed by atoms with Crippen LogP contribution in [0, 0.1) is 10.1 Å². The van der Waals surface area contributed by atoms with Crippen LogP contribution in [0.3, 0.4) is 0 Å². The van der Waals surface area contributed by atoms with Crippen molar-refractivity contribution in [2.75, 3.05) is 0 Å². The first-order valence-corrected chi connectivity index (χ1v) is 12.1. The summed E-state index contributed by atoms with van der Waals surface area (Å²) in [5, 5.41) is 23.1. The van der Waals surface area contributed by atoms with Crippen molar-refractivity contribution in [3.05, 3.63) is 106 Å². The van der Waals surface area contributed by atoms with Gasteiger partial charge in [-0.1, -0.05) is 42.5 Å². The number of nitro benzene ring substituents is 1. The maximum absolute atomic E-state index is 13.0. The molecule has 0 aromatic heterocycles. The number of hydrogen-bond donors (Lipinski definition) is 2. The van der Waals surface area contributed by atoms with Gasteiger partial charge in [0.25, 0.3) is 5.69 Å². The Hall–Kier alpha value is -4.73. The predicted molar refractivity (Wildman–Crippen MR) is 137 cm³/mol. The number of carboxylic acids is 1. The summed E-state index contributed by atoms with van der Waals surface area (Å²) in [5.74, 6) is -1.24. The molecule has 0 unspecified atom stereocenters. The van der Waals surface area contributed by atoms with E-state index < -0.39 is 28.9 Å². The molecule has 1 aliphatic heterocycles. The fourth-order valence-electron chi connectivity index (χ4n) is 4.29. The van der Waals surface area contributed by atoms with E-state index in [-0.39, 0.29) is 37.6 Å². The third-order valence-electron chi connectivity index (χ3n) is 6.36. The molecule has 2 atom stereocenters. The number of nitrogens with zero attached hydrogens (tertiary/aromatic N) is 2. The molecule has 0 spiro atoms. The van der Waals surface area contributed by atoms with Gasteiger partial charge in [0, 0.05) is 31.5 Å². The van der Waals surface area contributed by atoms with Crippen LogP contribution in [0.2, 0.25) is 0 Å². The minimum Gasteiger partial charge on any atom is -0.489 e. The summed E-state index contributed by atoms with van der Waals surface area (Å²) < 4.78 is 5.71. The van der Waals surface area contributed by atoms with Gasteiger partial charge in [-0.2, -0.15) is 0 Å². The van der Waals surface area contributed by atoms with Crippen molar-refractivity contribution in [2.24, 2.45) is 0 Å². The van der Waals surface area contributed by atoms with Crippen molar-refractivity contribution in [2.45, 2.75) is 44.5 Å². The molecule has 0 aliphatic carbocycles. The van der Waals surface area contributed by atoms with Gasteiger partial charge in [0.15, 0.2) is 0 Å². The SMILES string of the molecule is O=C(O)[C@H](Cc1ccc(OCc2ccc([N+](=O)[O-])cc2)cc1)NC(=O)[C@@H]1CCC(=O)N1Cc1ccccc1. The highest BCUT2D eigenvalue weighted by Gasteiger charge is 2.37. The van der Waals surface area contributed by atoms with Gasteiger partial charge in [0.2, 0.25) is 11.8 Å². The highest BCUT2D eigenvalue weighted by molar-refractivity contribution is 5.93. The van der Waals surface area contributed by atoms with E-state index in [9.17, 15) is 29.6 Å². The number of hydrogen-bond acceptors (Lipinski definition) is 6. The first kappa shape index (κ1) is 26.3. The number of carbonyl (C=O) groups excluding carboxylic acids is 2. The molecule has 196 valence electrons. The van der Waals surface area contributed by atoms with Crippen molar-refractivity contribution in [3.8, 4) is 5.75 Å². The first-order valence-electron chi connectivity index (χ1n) is 12.1. The molecule has 38 heavy (non-hydrogen) atoms. The summed E-state index contributed by atoms with van der Waals surface area (Å²) in [6.45, 7) is 0.502. The zero-order chi connectivity index (χ0) is 27.1. The maximum Gasteiger partial charge on any atom is 0.326 e. The Labute approximate surface area is 219 Å². The smallest absolute Gasteiger partial charge is 0.326 e. The second-order valence-corrected chi connectivity index (χ2v) is 9.02. The van der Waals surface area contributed by atoms with E-state index in [1.807, 2.05) is 30.3 Å². The van der Waals surface area contributed by atoms with E-state index in [0.717, 1.165) is 11.1 Å². The van der Waals surface area contributed by atoms with Crippen molar-refractivity contribution in [1.29, 1.82) is 0 Å². The van der Waals surface area contributed by atoms with Crippen LogP contribution < -0.4 is 10.1 Å². The number of benzene rings is 3. The standard InChI is InChI=1S/C28H27N3O7/c32-26-15-14-25(30(26)17-20-4-2-1-3-5-20)27(33)29-24(28(34)35)16-19-8-12-23(13-9-19)38-18-21-6-10-22(11-7-21)31(36)37/h1-13,24-25H,14-18H2,(H,29,33)(H,34,35)/t24-,25-/m0/s1. The number of likely N-dealkylation sites (tertiary alicyclic amines) is 1. The second kappa shape index (κ2) is 12.0. The molecule has 10 heteroatoms. The molecule has 1 fully saturated rings. The number of rotatable bonds is 11. The third kappa shape index (κ3) is 6.73. The Balaban J connectivity index is 1.33. The van der Waals surface area contributed by atoms with Crippen molar-refractivity contribution in [3.63, 3.8) is 0 Å². The van der Waals surface area contributed by atoms with Crippen LogP contribution in [-0.4, -0.2) is 44.8 Å². The highest BCUT2D eigenvalue weighted by atomic mass is 16.6. The van der Waals surface area contributed by atoms with E-state index in [4.69, 9.17) is 4.74 Å². The van der Waals surface area contributed by atoms with Gasteiger partial charge in [0.05, 0.1) is 4.92 Å². The van der Waals surface area contributed by atoms with E-state index >= 15 is 0 Å². The third-order valence-corrected chi connectivity index (χ3v) is 6.36. The van der Waals surface area contributed by atoms with Gasteiger partial charge in [0.1, 0.15) is 24.4 Å². The van der Waals surface area contributed by atoms with Crippen LogP contribution in [0.25, 0.3) is 0 Å². The van der Waals surface area contributed by atoms with Gasteiger partial charge >= 0.3 is 5.97 Å². The Morgan fingerprint density at radius 1 is 1.00 bits per heavy atom. The topological polar surface area (TPSA) is 139 Å². The quantitative estimate of drug-likeness (QED) is 0.293. The number of carboxylic acid groups (broad SMARTS) is 1. The Morgan fingerprint density at radius 2 is 1.66 bits per heavy atom. The lowest BCUT2D eigenvalue weighted by molar-refractivity contribution is -0.384. The normalized spacial score (nSPS) is 15.6. The zero-order valence-electron chi connectivity index (χ0n) is 20.5. The number of carbonyl (C=O) groups is 3. The molecular formula is C28H27N3O7. The molecule has 4 rings (SSSR count). The molecular weight excluding hydrogens is 490 g/mol. The zero-order valence-corrected chi connectivity index (χ0v) is 20.5. The molecule has 2 amide bonds. The van der Waals surface area contributed by atoms with E-state index in [2.05, 4.69) is 5.32 Å². The van der Waals surface area contributed by atoms with Crippen molar-refractivity contribution < 1.29 is 29.2 Å². The van der Waals surface area contributed by atoms with Crippen LogP contribution in [0.4, 0.5) is 5.69 Å². The van der Waals surface area contributed by atoms with Crippen LogP contribution in [0.5, 0.6) is 5.75 Å². The lowest BCUT2D eigenvalue weighted by atomic mass is 10.0. The summed E-state index contributed by atoms with van der Waals surface area (Å²) in [5.41, 5.74) is 2.34.